The van der Waals surface area contributed by atoms with Crippen LogP contribution in [0.3, 0.4) is 0 Å². The maximum atomic E-state index is 12.4. The lowest BCUT2D eigenvalue weighted by atomic mass is 10.0. The molecule has 132 valence electrons. The average Bonchev–Trinajstić information content (AvgIpc) is 2.65. The van der Waals surface area contributed by atoms with Crippen molar-refractivity contribution in [1.82, 2.24) is 9.80 Å². The van der Waals surface area contributed by atoms with Crippen LogP contribution in [-0.2, 0) is 16.0 Å². The van der Waals surface area contributed by atoms with Crippen LogP contribution < -0.4 is 0 Å². The number of hydrogen-bond donors (Lipinski definition) is 1. The third kappa shape index (κ3) is 4.17. The van der Waals surface area contributed by atoms with Gasteiger partial charge in [0.15, 0.2) is 0 Å². The predicted molar refractivity (Wildman–Crippen MR) is 97.1 cm³/mol. The number of fused-ring (bicyclic) bond motifs is 1. The molecule has 1 heterocycles. The van der Waals surface area contributed by atoms with Crippen LogP contribution in [0.5, 0.6) is 0 Å². The normalized spacial score (nSPS) is 16.1. The second-order valence-electron chi connectivity index (χ2n) is 6.56. The second-order valence-corrected chi connectivity index (χ2v) is 6.56. The smallest absolute Gasteiger partial charge is 0.251 e. The van der Waals surface area contributed by atoms with Crippen LogP contribution in [0.1, 0.15) is 18.9 Å². The SMILES string of the molecule is C[C@H](O)C(=O)N1CCN(C(=O)CCc2ccc3ccccc3c2)CC1. The molecule has 1 saturated heterocycles. The van der Waals surface area contributed by atoms with E-state index in [1.54, 1.807) is 4.90 Å². The molecule has 1 atom stereocenters. The van der Waals surface area contributed by atoms with Gasteiger partial charge in [-0.05, 0) is 29.7 Å². The first kappa shape index (κ1) is 17.4. The summed E-state index contributed by atoms with van der Waals surface area (Å²) >= 11 is 0. The lowest BCUT2D eigenvalue weighted by Gasteiger charge is -2.35. The minimum Gasteiger partial charge on any atom is -0.384 e. The van der Waals surface area contributed by atoms with E-state index in [1.165, 1.54) is 17.7 Å². The van der Waals surface area contributed by atoms with Gasteiger partial charge in [-0.25, -0.2) is 0 Å². The standard InChI is InChI=1S/C20H24N2O3/c1-15(23)20(25)22-12-10-21(11-13-22)19(24)9-7-16-6-8-17-4-2-3-5-18(17)14-16/h2-6,8,14-15,23H,7,9-13H2,1H3/t15-/m0/s1. The molecule has 25 heavy (non-hydrogen) atoms. The fraction of sp³-hybridized carbons (Fsp3) is 0.400. The summed E-state index contributed by atoms with van der Waals surface area (Å²) in [5, 5.41) is 11.8. The minimum absolute atomic E-state index is 0.123. The van der Waals surface area contributed by atoms with Gasteiger partial charge < -0.3 is 14.9 Å². The monoisotopic (exact) mass is 340 g/mol. The summed E-state index contributed by atoms with van der Waals surface area (Å²) in [6.07, 6.45) is 0.217. The largest absolute Gasteiger partial charge is 0.384 e. The lowest BCUT2D eigenvalue weighted by molar-refractivity contribution is -0.144. The lowest BCUT2D eigenvalue weighted by Crippen LogP contribution is -2.52. The molecule has 5 heteroatoms. The summed E-state index contributed by atoms with van der Waals surface area (Å²) in [5.74, 6) is -0.138. The van der Waals surface area contributed by atoms with Crippen molar-refractivity contribution < 1.29 is 14.7 Å². The van der Waals surface area contributed by atoms with E-state index in [-0.39, 0.29) is 11.8 Å². The highest BCUT2D eigenvalue weighted by molar-refractivity contribution is 5.83. The topological polar surface area (TPSA) is 60.9 Å². The Balaban J connectivity index is 1.52. The maximum absolute atomic E-state index is 12.4. The molecule has 0 saturated carbocycles. The van der Waals surface area contributed by atoms with Crippen LogP contribution >= 0.6 is 0 Å². The summed E-state index contributed by atoms with van der Waals surface area (Å²) in [6, 6.07) is 14.5. The van der Waals surface area contributed by atoms with Crippen LogP contribution in [-0.4, -0.2) is 59.0 Å². The van der Waals surface area contributed by atoms with Gasteiger partial charge in [0.2, 0.25) is 5.91 Å². The number of aryl methyl sites for hydroxylation is 1. The van der Waals surface area contributed by atoms with E-state index >= 15 is 0 Å². The number of rotatable bonds is 4. The fourth-order valence-corrected chi connectivity index (χ4v) is 3.24. The van der Waals surface area contributed by atoms with E-state index in [1.807, 2.05) is 17.0 Å². The van der Waals surface area contributed by atoms with Crippen molar-refractivity contribution in [2.24, 2.45) is 0 Å². The molecule has 0 aromatic heterocycles. The summed E-state index contributed by atoms with van der Waals surface area (Å²) in [7, 11) is 0. The van der Waals surface area contributed by atoms with Crippen LogP contribution in [0.4, 0.5) is 0 Å². The zero-order chi connectivity index (χ0) is 17.8. The van der Waals surface area contributed by atoms with Crippen molar-refractivity contribution in [3.05, 3.63) is 48.0 Å². The summed E-state index contributed by atoms with van der Waals surface area (Å²) in [4.78, 5) is 27.6. The summed E-state index contributed by atoms with van der Waals surface area (Å²) in [6.45, 7) is 3.53. The maximum Gasteiger partial charge on any atom is 0.251 e. The van der Waals surface area contributed by atoms with Crippen molar-refractivity contribution in [3.8, 4) is 0 Å². The van der Waals surface area contributed by atoms with E-state index in [4.69, 9.17) is 0 Å². The Kier molecular flexibility index (Phi) is 5.34. The number of benzene rings is 2. The Morgan fingerprint density at radius 1 is 1.00 bits per heavy atom. The molecule has 2 aromatic carbocycles. The zero-order valence-electron chi connectivity index (χ0n) is 14.5. The molecule has 0 bridgehead atoms. The molecular weight excluding hydrogens is 316 g/mol. The third-order valence-electron chi connectivity index (χ3n) is 4.74. The highest BCUT2D eigenvalue weighted by atomic mass is 16.3. The minimum atomic E-state index is -0.977. The Bertz CT molecular complexity index is 764. The van der Waals surface area contributed by atoms with Crippen molar-refractivity contribution >= 4 is 22.6 Å². The predicted octanol–water partition coefficient (Wildman–Crippen LogP) is 1.82. The Morgan fingerprint density at radius 3 is 2.32 bits per heavy atom. The van der Waals surface area contributed by atoms with Gasteiger partial charge in [0.05, 0.1) is 0 Å². The van der Waals surface area contributed by atoms with Crippen molar-refractivity contribution in [1.29, 1.82) is 0 Å². The zero-order valence-corrected chi connectivity index (χ0v) is 14.5. The van der Waals surface area contributed by atoms with E-state index < -0.39 is 6.10 Å². The number of amides is 2. The van der Waals surface area contributed by atoms with Crippen LogP contribution in [0.15, 0.2) is 42.5 Å². The van der Waals surface area contributed by atoms with Gasteiger partial charge >= 0.3 is 0 Å². The Hall–Kier alpha value is -2.40. The molecule has 3 rings (SSSR count). The number of hydrogen-bond acceptors (Lipinski definition) is 3. The third-order valence-corrected chi connectivity index (χ3v) is 4.74. The first-order valence-electron chi connectivity index (χ1n) is 8.77. The second kappa shape index (κ2) is 7.66. The van der Waals surface area contributed by atoms with Gasteiger partial charge in [-0.2, -0.15) is 0 Å². The number of piperazine rings is 1. The Morgan fingerprint density at radius 2 is 1.64 bits per heavy atom. The fourth-order valence-electron chi connectivity index (χ4n) is 3.24. The van der Waals surface area contributed by atoms with Gasteiger partial charge in [-0.1, -0.05) is 42.5 Å². The number of aliphatic hydroxyl groups is 1. The van der Waals surface area contributed by atoms with Gasteiger partial charge in [-0.15, -0.1) is 0 Å². The molecule has 1 N–H and O–H groups in total. The molecule has 0 unspecified atom stereocenters. The first-order valence-corrected chi connectivity index (χ1v) is 8.77. The van der Waals surface area contributed by atoms with Gasteiger partial charge in [0.25, 0.3) is 5.91 Å². The van der Waals surface area contributed by atoms with E-state index in [0.29, 0.717) is 32.6 Å². The molecule has 5 nitrogen and oxygen atoms in total. The van der Waals surface area contributed by atoms with Gasteiger partial charge in [0, 0.05) is 32.6 Å². The first-order chi connectivity index (χ1) is 12.0. The molecular formula is C20H24N2O3. The summed E-state index contributed by atoms with van der Waals surface area (Å²) in [5.41, 5.74) is 1.16. The quantitative estimate of drug-likeness (QED) is 0.924. The molecule has 1 aliphatic rings. The molecule has 2 amide bonds. The number of nitrogens with zero attached hydrogens (tertiary/aromatic N) is 2. The van der Waals surface area contributed by atoms with Gasteiger partial charge in [-0.3, -0.25) is 9.59 Å². The van der Waals surface area contributed by atoms with Crippen LogP contribution in [0.2, 0.25) is 0 Å². The number of carbonyl (C=O) groups excluding carboxylic acids is 2. The molecule has 0 spiro atoms. The van der Waals surface area contributed by atoms with Crippen molar-refractivity contribution in [3.63, 3.8) is 0 Å². The summed E-state index contributed by atoms with van der Waals surface area (Å²) < 4.78 is 0. The molecule has 1 fully saturated rings. The highest BCUT2D eigenvalue weighted by Gasteiger charge is 2.25. The average molecular weight is 340 g/mol. The van der Waals surface area contributed by atoms with Crippen molar-refractivity contribution in [2.75, 3.05) is 26.2 Å². The highest BCUT2D eigenvalue weighted by Crippen LogP contribution is 2.17. The number of aliphatic hydroxyl groups excluding tert-OH is 1. The Labute approximate surface area is 147 Å². The number of carbonyl (C=O) groups is 2. The molecule has 0 aliphatic carbocycles. The molecule has 0 radical (unpaired) electrons. The van der Waals surface area contributed by atoms with Crippen LogP contribution in [0, 0.1) is 0 Å². The van der Waals surface area contributed by atoms with E-state index in [9.17, 15) is 14.7 Å². The van der Waals surface area contributed by atoms with Crippen molar-refractivity contribution in [2.45, 2.75) is 25.9 Å². The molecule has 1 aliphatic heterocycles. The van der Waals surface area contributed by atoms with Gasteiger partial charge in [0.1, 0.15) is 6.10 Å². The van der Waals surface area contributed by atoms with E-state index in [2.05, 4.69) is 30.3 Å². The molecule has 2 aromatic rings. The van der Waals surface area contributed by atoms with Crippen LogP contribution in [0.25, 0.3) is 10.8 Å². The van der Waals surface area contributed by atoms with E-state index in [0.717, 1.165) is 12.0 Å².